The van der Waals surface area contributed by atoms with E-state index in [0.717, 1.165) is 5.56 Å². The lowest BCUT2D eigenvalue weighted by Crippen LogP contribution is -2.49. The van der Waals surface area contributed by atoms with Crippen molar-refractivity contribution < 1.29 is 19.1 Å². The summed E-state index contributed by atoms with van der Waals surface area (Å²) < 4.78 is 11.3. The molecule has 0 fully saturated rings. The number of likely N-dealkylation sites (N-methyl/N-ethyl adjacent to an activating group) is 1. The van der Waals surface area contributed by atoms with Gasteiger partial charge in [-0.1, -0.05) is 42.3 Å². The Hall–Kier alpha value is -2.44. The fourth-order valence-electron chi connectivity index (χ4n) is 3.71. The molecule has 2 aromatic rings. The summed E-state index contributed by atoms with van der Waals surface area (Å²) in [6.45, 7) is 9.25. The topological polar surface area (TPSA) is 67.9 Å². The van der Waals surface area contributed by atoms with E-state index in [-0.39, 0.29) is 24.8 Å². The van der Waals surface area contributed by atoms with Crippen molar-refractivity contribution in [2.45, 2.75) is 59.5 Å². The van der Waals surface area contributed by atoms with Gasteiger partial charge in [0.25, 0.3) is 0 Å². The first kappa shape index (κ1) is 27.8. The number of halogens is 2. The fourth-order valence-corrected chi connectivity index (χ4v) is 4.23. The van der Waals surface area contributed by atoms with Gasteiger partial charge in [-0.05, 0) is 63.4 Å². The van der Waals surface area contributed by atoms with E-state index in [1.165, 1.54) is 0 Å². The summed E-state index contributed by atoms with van der Waals surface area (Å²) in [6.07, 6.45) is 1.18. The highest BCUT2D eigenvalue weighted by Crippen LogP contribution is 2.30. The monoisotopic (exact) mass is 508 g/mol. The Morgan fingerprint density at radius 3 is 2.21 bits per heavy atom. The van der Waals surface area contributed by atoms with E-state index in [1.54, 1.807) is 23.1 Å². The smallest absolute Gasteiger partial charge is 0.242 e. The second-order valence-electron chi connectivity index (χ2n) is 7.69. The minimum Gasteiger partial charge on any atom is -0.490 e. The van der Waals surface area contributed by atoms with Gasteiger partial charge in [0.15, 0.2) is 11.5 Å². The van der Waals surface area contributed by atoms with Gasteiger partial charge in [0, 0.05) is 35.1 Å². The lowest BCUT2D eigenvalue weighted by Gasteiger charge is -2.31. The fraction of sp³-hybridized carbons (Fsp3) is 0.462. The highest BCUT2D eigenvalue weighted by molar-refractivity contribution is 6.36. The minimum atomic E-state index is -0.626. The third-order valence-corrected chi connectivity index (χ3v) is 6.07. The molecule has 0 aliphatic heterocycles. The molecule has 6 nitrogen and oxygen atoms in total. The lowest BCUT2D eigenvalue weighted by atomic mass is 10.1. The molecule has 0 aromatic heterocycles. The number of benzene rings is 2. The first-order valence-electron chi connectivity index (χ1n) is 11.7. The van der Waals surface area contributed by atoms with Crippen molar-refractivity contribution in [3.63, 3.8) is 0 Å². The highest BCUT2D eigenvalue weighted by Gasteiger charge is 2.29. The summed E-state index contributed by atoms with van der Waals surface area (Å²) in [5, 5.41) is 3.76. The van der Waals surface area contributed by atoms with Crippen molar-refractivity contribution in [3.8, 4) is 11.5 Å². The zero-order chi connectivity index (χ0) is 25.1. The average Bonchev–Trinajstić information content (AvgIpc) is 2.81. The van der Waals surface area contributed by atoms with Crippen molar-refractivity contribution in [1.29, 1.82) is 0 Å². The summed E-state index contributed by atoms with van der Waals surface area (Å²) in [5.74, 6) is 0.988. The van der Waals surface area contributed by atoms with Crippen molar-refractivity contribution in [1.82, 2.24) is 10.2 Å². The predicted molar refractivity (Wildman–Crippen MR) is 137 cm³/mol. The maximum absolute atomic E-state index is 13.4. The summed E-state index contributed by atoms with van der Waals surface area (Å²) in [6, 6.07) is 10.3. The van der Waals surface area contributed by atoms with Crippen LogP contribution in [0.4, 0.5) is 0 Å². The Balaban J connectivity index is 2.27. The van der Waals surface area contributed by atoms with Crippen LogP contribution in [-0.4, -0.2) is 42.5 Å². The molecule has 0 saturated heterocycles. The predicted octanol–water partition coefficient (Wildman–Crippen LogP) is 5.67. The van der Waals surface area contributed by atoms with E-state index in [2.05, 4.69) is 5.32 Å². The summed E-state index contributed by atoms with van der Waals surface area (Å²) in [7, 11) is 0. The molecule has 0 radical (unpaired) electrons. The van der Waals surface area contributed by atoms with Gasteiger partial charge in [-0.2, -0.15) is 0 Å². The second-order valence-corrected chi connectivity index (χ2v) is 8.50. The molecule has 0 aliphatic carbocycles. The Kier molecular flexibility index (Phi) is 11.5. The molecular formula is C26H34Cl2N2O4. The van der Waals surface area contributed by atoms with Gasteiger partial charge in [0.2, 0.25) is 11.8 Å². The normalized spacial score (nSPS) is 11.6. The zero-order valence-corrected chi connectivity index (χ0v) is 21.8. The van der Waals surface area contributed by atoms with Crippen LogP contribution in [0, 0.1) is 0 Å². The van der Waals surface area contributed by atoms with E-state index in [0.29, 0.717) is 59.7 Å². The van der Waals surface area contributed by atoms with Crippen LogP contribution in [0.15, 0.2) is 36.4 Å². The largest absolute Gasteiger partial charge is 0.490 e. The van der Waals surface area contributed by atoms with Gasteiger partial charge in [-0.3, -0.25) is 9.59 Å². The van der Waals surface area contributed by atoms with Gasteiger partial charge in [0.1, 0.15) is 6.04 Å². The van der Waals surface area contributed by atoms with Gasteiger partial charge < -0.3 is 19.7 Å². The number of amides is 2. The van der Waals surface area contributed by atoms with Crippen LogP contribution in [0.5, 0.6) is 11.5 Å². The maximum Gasteiger partial charge on any atom is 0.242 e. The minimum absolute atomic E-state index is 0.152. The summed E-state index contributed by atoms with van der Waals surface area (Å²) in [4.78, 5) is 27.8. The van der Waals surface area contributed by atoms with Crippen molar-refractivity contribution in [2.24, 2.45) is 0 Å². The van der Waals surface area contributed by atoms with Gasteiger partial charge in [0.05, 0.1) is 13.2 Å². The maximum atomic E-state index is 13.4. The Labute approximate surface area is 212 Å². The molecule has 8 heteroatoms. The highest BCUT2D eigenvalue weighted by atomic mass is 35.5. The number of rotatable bonds is 13. The standard InChI is InChI=1S/C26H34Cl2N2O4/c1-5-22(26(32)29-6-2)30(17-19-20(27)10-9-11-21(19)28)25(31)15-13-18-12-14-23(33-7-3)24(16-18)34-8-4/h9-12,14,16,22H,5-8,13,15,17H2,1-4H3,(H,29,32)/t22-/m1/s1. The van der Waals surface area contributed by atoms with E-state index in [4.69, 9.17) is 32.7 Å². The molecule has 0 unspecified atom stereocenters. The molecule has 1 N–H and O–H groups in total. The number of aryl methyl sites for hydroxylation is 1. The molecule has 186 valence electrons. The SMILES string of the molecule is CCNC(=O)[C@@H](CC)N(Cc1c(Cl)cccc1Cl)C(=O)CCc1ccc(OCC)c(OCC)c1. The van der Waals surface area contributed by atoms with Crippen LogP contribution in [-0.2, 0) is 22.6 Å². The van der Waals surface area contributed by atoms with Crippen molar-refractivity contribution >= 4 is 35.0 Å². The van der Waals surface area contributed by atoms with E-state index in [1.807, 2.05) is 45.9 Å². The number of nitrogens with one attached hydrogen (secondary N) is 1. The average molecular weight is 509 g/mol. The first-order chi connectivity index (χ1) is 16.4. The van der Waals surface area contributed by atoms with Crippen LogP contribution in [0.2, 0.25) is 10.0 Å². The number of carbonyl (C=O) groups excluding carboxylic acids is 2. The second kappa shape index (κ2) is 14.1. The zero-order valence-electron chi connectivity index (χ0n) is 20.3. The lowest BCUT2D eigenvalue weighted by molar-refractivity contribution is -0.141. The number of ether oxygens (including phenoxy) is 2. The molecule has 0 aliphatic rings. The number of hydrogen-bond donors (Lipinski definition) is 1. The van der Waals surface area contributed by atoms with Crippen LogP contribution in [0.1, 0.15) is 51.7 Å². The molecule has 2 amide bonds. The Bertz CT molecular complexity index is 948. The number of nitrogens with zero attached hydrogens (tertiary/aromatic N) is 1. The molecule has 2 rings (SSSR count). The molecule has 34 heavy (non-hydrogen) atoms. The Morgan fingerprint density at radius 2 is 1.62 bits per heavy atom. The van der Waals surface area contributed by atoms with E-state index >= 15 is 0 Å². The summed E-state index contributed by atoms with van der Waals surface area (Å²) in [5.41, 5.74) is 1.57. The number of hydrogen-bond acceptors (Lipinski definition) is 4. The quantitative estimate of drug-likeness (QED) is 0.378. The van der Waals surface area contributed by atoms with Crippen LogP contribution in [0.25, 0.3) is 0 Å². The third kappa shape index (κ3) is 7.54. The molecule has 1 atom stereocenters. The molecule has 0 saturated carbocycles. The summed E-state index contributed by atoms with van der Waals surface area (Å²) >= 11 is 12.8. The molecule has 0 spiro atoms. The van der Waals surface area contributed by atoms with Crippen molar-refractivity contribution in [3.05, 3.63) is 57.6 Å². The van der Waals surface area contributed by atoms with E-state index in [9.17, 15) is 9.59 Å². The molecule has 0 heterocycles. The first-order valence-corrected chi connectivity index (χ1v) is 12.5. The van der Waals surface area contributed by atoms with Gasteiger partial charge >= 0.3 is 0 Å². The number of carbonyl (C=O) groups is 2. The third-order valence-electron chi connectivity index (χ3n) is 5.36. The molecule has 2 aromatic carbocycles. The van der Waals surface area contributed by atoms with Crippen molar-refractivity contribution in [2.75, 3.05) is 19.8 Å². The molecular weight excluding hydrogens is 475 g/mol. The van der Waals surface area contributed by atoms with Crippen LogP contribution < -0.4 is 14.8 Å². The van der Waals surface area contributed by atoms with Crippen LogP contribution >= 0.6 is 23.2 Å². The Morgan fingerprint density at radius 1 is 0.971 bits per heavy atom. The van der Waals surface area contributed by atoms with Crippen LogP contribution in [0.3, 0.4) is 0 Å². The molecule has 0 bridgehead atoms. The van der Waals surface area contributed by atoms with Gasteiger partial charge in [-0.25, -0.2) is 0 Å². The van der Waals surface area contributed by atoms with E-state index < -0.39 is 6.04 Å². The van der Waals surface area contributed by atoms with Gasteiger partial charge in [-0.15, -0.1) is 0 Å².